The molecule has 2 heterocycles. The van der Waals surface area contributed by atoms with E-state index >= 15 is 0 Å². The van der Waals surface area contributed by atoms with Crippen LogP contribution in [0, 0.1) is 23.0 Å². The summed E-state index contributed by atoms with van der Waals surface area (Å²) < 4.78 is 41.7. The number of allylic oxidation sites excluding steroid dienone is 2. The van der Waals surface area contributed by atoms with Crippen LogP contribution in [0.2, 0.25) is 0 Å². The molecule has 37 heavy (non-hydrogen) atoms. The van der Waals surface area contributed by atoms with Gasteiger partial charge >= 0.3 is 0 Å². The number of thioether (sulfide) groups is 1. The molecule has 0 aliphatic carbocycles. The molecule has 0 bridgehead atoms. The van der Waals surface area contributed by atoms with Gasteiger partial charge in [-0.1, -0.05) is 49.4 Å². The fraction of sp³-hybridized carbons (Fsp3) is 0.296. The smallest absolute Gasteiger partial charge is 0.177 e. The number of ether oxygens (including phenoxy) is 2. The zero-order valence-electron chi connectivity index (χ0n) is 20.1. The zero-order chi connectivity index (χ0) is 26.3. The first-order valence-corrected chi connectivity index (χ1v) is 12.6. The lowest BCUT2D eigenvalue weighted by atomic mass is 9.90. The van der Waals surface area contributed by atoms with E-state index in [0.29, 0.717) is 18.8 Å². The molecule has 2 atom stereocenters. The molecule has 0 saturated carbocycles. The van der Waals surface area contributed by atoms with E-state index < -0.39 is 28.8 Å². The van der Waals surface area contributed by atoms with Crippen LogP contribution in [0.3, 0.4) is 0 Å². The van der Waals surface area contributed by atoms with Gasteiger partial charge in [-0.15, -0.1) is 11.8 Å². The maximum absolute atomic E-state index is 14.7. The topological polar surface area (TPSA) is 93.2 Å². The molecular formula is C27H26F2N4O3S. The zero-order valence-corrected chi connectivity index (χ0v) is 20.9. The van der Waals surface area contributed by atoms with Gasteiger partial charge in [-0.25, -0.2) is 18.4 Å². The predicted molar refractivity (Wildman–Crippen MR) is 136 cm³/mol. The standard InChI is InChI=1S/C27H26F2N4O3S/c1-19(27(34,16-33-18-31-17-32-33)23-7-3-4-8-24(23)28)37-22-14-35-26(36-15-22)9-5-2-6-21-11-10-20(13-30)12-25(21)29/h2-12,17-19,22,26,34H,14-16H2,1H3/t19-,22-,26-,27-/m1/s1. The monoisotopic (exact) mass is 524 g/mol. The summed E-state index contributed by atoms with van der Waals surface area (Å²) in [7, 11) is 0. The molecule has 3 aromatic rings. The lowest BCUT2D eigenvalue weighted by molar-refractivity contribution is -0.146. The number of nitriles is 1. The van der Waals surface area contributed by atoms with Crippen LogP contribution in [-0.2, 0) is 21.6 Å². The molecule has 1 N–H and O–H groups in total. The number of benzene rings is 2. The Kier molecular flexibility index (Phi) is 8.84. The minimum Gasteiger partial charge on any atom is -0.382 e. The summed E-state index contributed by atoms with van der Waals surface area (Å²) >= 11 is 1.45. The Morgan fingerprint density at radius 2 is 2.00 bits per heavy atom. The molecular weight excluding hydrogens is 498 g/mol. The van der Waals surface area contributed by atoms with E-state index in [4.69, 9.17) is 14.7 Å². The summed E-state index contributed by atoms with van der Waals surface area (Å²) in [5.41, 5.74) is -0.727. The maximum Gasteiger partial charge on any atom is 0.177 e. The number of hydrogen-bond acceptors (Lipinski definition) is 7. The van der Waals surface area contributed by atoms with Gasteiger partial charge < -0.3 is 14.6 Å². The average Bonchev–Trinajstić information content (AvgIpc) is 3.41. The maximum atomic E-state index is 14.7. The lowest BCUT2D eigenvalue weighted by Gasteiger charge is -2.37. The van der Waals surface area contributed by atoms with Gasteiger partial charge in [0, 0.05) is 16.4 Å². The molecule has 0 unspecified atom stereocenters. The van der Waals surface area contributed by atoms with Crippen LogP contribution in [0.15, 0.2) is 73.3 Å². The van der Waals surface area contributed by atoms with Crippen LogP contribution < -0.4 is 0 Å². The molecule has 10 heteroatoms. The van der Waals surface area contributed by atoms with Crippen LogP contribution in [-0.4, -0.2) is 49.9 Å². The highest BCUT2D eigenvalue weighted by atomic mass is 32.2. The van der Waals surface area contributed by atoms with Crippen molar-refractivity contribution in [2.75, 3.05) is 13.2 Å². The summed E-state index contributed by atoms with van der Waals surface area (Å²) in [4.78, 5) is 3.92. The first kappa shape index (κ1) is 26.7. The van der Waals surface area contributed by atoms with Crippen molar-refractivity contribution in [2.24, 2.45) is 0 Å². The molecule has 1 aliphatic rings. The fourth-order valence-electron chi connectivity index (χ4n) is 3.94. The van der Waals surface area contributed by atoms with Crippen molar-refractivity contribution in [1.82, 2.24) is 14.8 Å². The Balaban J connectivity index is 1.34. The molecule has 1 aromatic heterocycles. The fourth-order valence-corrected chi connectivity index (χ4v) is 5.26. The van der Waals surface area contributed by atoms with E-state index in [2.05, 4.69) is 10.1 Å². The summed E-state index contributed by atoms with van der Waals surface area (Å²) in [6.45, 7) is 2.62. The van der Waals surface area contributed by atoms with E-state index in [-0.39, 0.29) is 22.9 Å². The minimum absolute atomic E-state index is 0.0358. The van der Waals surface area contributed by atoms with Crippen LogP contribution in [0.5, 0.6) is 0 Å². The third-order valence-electron chi connectivity index (χ3n) is 5.96. The second-order valence-electron chi connectivity index (χ2n) is 8.52. The number of rotatable bonds is 9. The van der Waals surface area contributed by atoms with Gasteiger partial charge in [0.05, 0.1) is 36.6 Å². The van der Waals surface area contributed by atoms with E-state index in [1.807, 2.05) is 13.0 Å². The first-order valence-electron chi connectivity index (χ1n) is 11.6. The van der Waals surface area contributed by atoms with Gasteiger partial charge in [0.2, 0.25) is 0 Å². The summed E-state index contributed by atoms with van der Waals surface area (Å²) in [5, 5.41) is 24.1. The Morgan fingerprint density at radius 1 is 1.22 bits per heavy atom. The van der Waals surface area contributed by atoms with E-state index in [1.54, 1.807) is 54.6 Å². The normalized spacial score (nSPS) is 20.6. The quantitative estimate of drug-likeness (QED) is 0.414. The molecule has 0 spiro atoms. The molecule has 1 fully saturated rings. The molecule has 0 radical (unpaired) electrons. The molecule has 1 aliphatic heterocycles. The lowest BCUT2D eigenvalue weighted by Crippen LogP contribution is -2.43. The first-order chi connectivity index (χ1) is 17.9. The minimum atomic E-state index is -1.55. The molecule has 1 saturated heterocycles. The third kappa shape index (κ3) is 6.70. The van der Waals surface area contributed by atoms with Crippen molar-refractivity contribution in [3.8, 4) is 6.07 Å². The van der Waals surface area contributed by atoms with E-state index in [9.17, 15) is 13.9 Å². The average molecular weight is 525 g/mol. The molecule has 7 nitrogen and oxygen atoms in total. The Labute approximate surface area is 218 Å². The van der Waals surface area contributed by atoms with Crippen molar-refractivity contribution in [2.45, 2.75) is 35.9 Å². The van der Waals surface area contributed by atoms with Crippen LogP contribution >= 0.6 is 11.8 Å². The van der Waals surface area contributed by atoms with Crippen molar-refractivity contribution in [3.05, 3.63) is 102 Å². The number of nitrogens with zero attached hydrogens (tertiary/aromatic N) is 4. The second-order valence-corrected chi connectivity index (χ2v) is 10.2. The van der Waals surface area contributed by atoms with Crippen molar-refractivity contribution < 1.29 is 23.4 Å². The van der Waals surface area contributed by atoms with Crippen molar-refractivity contribution in [1.29, 1.82) is 5.26 Å². The Hall–Kier alpha value is -3.36. The van der Waals surface area contributed by atoms with Crippen LogP contribution in [0.25, 0.3) is 6.08 Å². The molecule has 192 valence electrons. The summed E-state index contributed by atoms with van der Waals surface area (Å²) in [5.74, 6) is -0.963. The number of aliphatic hydroxyl groups is 1. The predicted octanol–water partition coefficient (Wildman–Crippen LogP) is 4.45. The third-order valence-corrected chi connectivity index (χ3v) is 7.41. The van der Waals surface area contributed by atoms with Gasteiger partial charge in [0.25, 0.3) is 0 Å². The Bertz CT molecular complexity index is 1290. The highest BCUT2D eigenvalue weighted by Gasteiger charge is 2.41. The van der Waals surface area contributed by atoms with E-state index in [1.165, 1.54) is 41.2 Å². The van der Waals surface area contributed by atoms with Gasteiger partial charge in [-0.05, 0) is 24.3 Å². The number of aromatic nitrogens is 3. The van der Waals surface area contributed by atoms with Gasteiger partial charge in [-0.2, -0.15) is 10.4 Å². The van der Waals surface area contributed by atoms with Crippen molar-refractivity contribution in [3.63, 3.8) is 0 Å². The van der Waals surface area contributed by atoms with E-state index in [0.717, 1.165) is 0 Å². The molecule has 2 aromatic carbocycles. The Morgan fingerprint density at radius 3 is 2.68 bits per heavy atom. The highest BCUT2D eigenvalue weighted by Crippen LogP contribution is 2.38. The van der Waals surface area contributed by atoms with Crippen LogP contribution in [0.4, 0.5) is 8.78 Å². The second kappa shape index (κ2) is 12.3. The number of hydrogen-bond donors (Lipinski definition) is 1. The summed E-state index contributed by atoms with van der Waals surface area (Å²) in [6.07, 6.45) is 8.95. The van der Waals surface area contributed by atoms with Gasteiger partial charge in [0.15, 0.2) is 6.29 Å². The van der Waals surface area contributed by atoms with Gasteiger partial charge in [0.1, 0.15) is 29.9 Å². The van der Waals surface area contributed by atoms with Gasteiger partial charge in [-0.3, -0.25) is 0 Å². The SMILES string of the molecule is C[C@@H](S[C@H]1CO[C@H](C=CC=Cc2ccc(C#N)cc2F)OC1)[C@](O)(Cn1cncn1)c1ccccc1F. The largest absolute Gasteiger partial charge is 0.382 e. The summed E-state index contributed by atoms with van der Waals surface area (Å²) in [6, 6.07) is 12.4. The highest BCUT2D eigenvalue weighted by molar-refractivity contribution is 8.00. The number of halogens is 2. The molecule has 4 rings (SSSR count). The molecule has 0 amide bonds. The van der Waals surface area contributed by atoms with Crippen molar-refractivity contribution >= 4 is 17.8 Å². The van der Waals surface area contributed by atoms with Crippen LogP contribution in [0.1, 0.15) is 23.6 Å².